The Labute approximate surface area is 428 Å². The normalized spacial score (nSPS) is 19.4. The number of carbonyl (C=O) groups is 2. The van der Waals surface area contributed by atoms with Gasteiger partial charge in [0.1, 0.15) is 24.4 Å². The molecule has 1 saturated heterocycles. The minimum absolute atomic E-state index is 0.00619. The molecule has 1 heterocycles. The maximum Gasteiger partial charge on any atom is 0.305 e. The summed E-state index contributed by atoms with van der Waals surface area (Å²) in [5.41, 5.74) is 0. The third kappa shape index (κ3) is 38.5. The predicted octanol–water partition coefficient (Wildman–Crippen LogP) is 13.1. The van der Waals surface area contributed by atoms with Crippen LogP contribution < -0.4 is 5.32 Å². The summed E-state index contributed by atoms with van der Waals surface area (Å²) in [5, 5.41) is 54.2. The Kier molecular flexibility index (Phi) is 46.2. The van der Waals surface area contributed by atoms with Crippen LogP contribution in [0.5, 0.6) is 0 Å². The fraction of sp³-hybridized carbons (Fsp3) is 0.864. The van der Waals surface area contributed by atoms with Crippen molar-refractivity contribution < 1.29 is 49.3 Å². The molecule has 0 aromatic rings. The summed E-state index contributed by atoms with van der Waals surface area (Å²) in [6.07, 6.45) is 49.6. The molecular weight excluding hydrogens is 883 g/mol. The predicted molar refractivity (Wildman–Crippen MR) is 287 cm³/mol. The van der Waals surface area contributed by atoms with Gasteiger partial charge in [-0.15, -0.1) is 0 Å². The van der Waals surface area contributed by atoms with E-state index in [0.29, 0.717) is 19.4 Å². The lowest BCUT2D eigenvalue weighted by molar-refractivity contribution is -0.302. The van der Waals surface area contributed by atoms with E-state index in [9.17, 15) is 35.1 Å². The average molecular weight is 993 g/mol. The zero-order valence-electron chi connectivity index (χ0n) is 45.0. The number of ether oxygens (including phenoxy) is 3. The molecule has 1 aliphatic rings. The monoisotopic (exact) mass is 992 g/mol. The van der Waals surface area contributed by atoms with Gasteiger partial charge in [0.05, 0.1) is 32.0 Å². The molecule has 70 heavy (non-hydrogen) atoms. The summed E-state index contributed by atoms with van der Waals surface area (Å²) < 4.78 is 16.6. The van der Waals surface area contributed by atoms with Crippen LogP contribution in [0.2, 0.25) is 0 Å². The number of nitrogens with one attached hydrogen (secondary N) is 1. The van der Waals surface area contributed by atoms with E-state index in [4.69, 9.17) is 14.2 Å². The fourth-order valence-corrected chi connectivity index (χ4v) is 9.03. The second-order valence-electron chi connectivity index (χ2n) is 20.3. The van der Waals surface area contributed by atoms with Gasteiger partial charge in [-0.25, -0.2) is 0 Å². The Morgan fingerprint density at radius 3 is 1.43 bits per heavy atom. The van der Waals surface area contributed by atoms with Crippen molar-refractivity contribution in [1.29, 1.82) is 0 Å². The molecule has 11 heteroatoms. The van der Waals surface area contributed by atoms with Gasteiger partial charge in [-0.3, -0.25) is 9.59 Å². The van der Waals surface area contributed by atoms with Crippen LogP contribution in [0.15, 0.2) is 36.5 Å². The van der Waals surface area contributed by atoms with Crippen LogP contribution in [0.3, 0.4) is 0 Å². The lowest BCUT2D eigenvalue weighted by Crippen LogP contribution is -2.60. The van der Waals surface area contributed by atoms with Crippen molar-refractivity contribution in [3.05, 3.63) is 36.5 Å². The summed E-state index contributed by atoms with van der Waals surface area (Å²) in [6, 6.07) is -0.832. The van der Waals surface area contributed by atoms with Gasteiger partial charge in [0.2, 0.25) is 5.91 Å². The first-order valence-corrected chi connectivity index (χ1v) is 29.3. The van der Waals surface area contributed by atoms with Gasteiger partial charge in [0, 0.05) is 12.8 Å². The third-order valence-corrected chi connectivity index (χ3v) is 13.7. The highest BCUT2D eigenvalue weighted by molar-refractivity contribution is 5.76. The molecule has 0 aliphatic carbocycles. The molecule has 0 radical (unpaired) electrons. The number of allylic oxidation sites excluding steroid dienone is 5. The van der Waals surface area contributed by atoms with Gasteiger partial charge in [0.15, 0.2) is 6.29 Å². The number of hydrogen-bond acceptors (Lipinski definition) is 10. The average Bonchev–Trinajstić information content (AvgIpc) is 3.36. The topological polar surface area (TPSA) is 175 Å². The molecule has 1 aliphatic heterocycles. The van der Waals surface area contributed by atoms with E-state index >= 15 is 0 Å². The number of esters is 1. The molecule has 7 atom stereocenters. The lowest BCUT2D eigenvalue weighted by Gasteiger charge is -2.40. The minimum Gasteiger partial charge on any atom is -0.466 e. The zero-order chi connectivity index (χ0) is 51.0. The van der Waals surface area contributed by atoms with Crippen LogP contribution in [0.25, 0.3) is 0 Å². The van der Waals surface area contributed by atoms with Crippen LogP contribution in [0.4, 0.5) is 0 Å². The van der Waals surface area contributed by atoms with E-state index in [1.165, 1.54) is 161 Å². The largest absolute Gasteiger partial charge is 0.466 e. The van der Waals surface area contributed by atoms with Gasteiger partial charge in [0.25, 0.3) is 0 Å². The number of carbonyl (C=O) groups excluding carboxylic acids is 2. The second kappa shape index (κ2) is 49.1. The van der Waals surface area contributed by atoms with Crippen LogP contribution in [-0.2, 0) is 23.8 Å². The first-order chi connectivity index (χ1) is 34.2. The van der Waals surface area contributed by atoms with E-state index in [1.807, 2.05) is 6.08 Å². The molecule has 0 spiro atoms. The van der Waals surface area contributed by atoms with Gasteiger partial charge < -0.3 is 45.1 Å². The van der Waals surface area contributed by atoms with E-state index in [1.54, 1.807) is 6.08 Å². The third-order valence-electron chi connectivity index (χ3n) is 13.7. The molecule has 410 valence electrons. The minimum atomic E-state index is -1.58. The van der Waals surface area contributed by atoms with E-state index < -0.39 is 49.5 Å². The highest BCUT2D eigenvalue weighted by Gasteiger charge is 2.44. The summed E-state index contributed by atoms with van der Waals surface area (Å²) in [7, 11) is 0. The molecule has 0 aromatic carbocycles. The molecule has 0 bridgehead atoms. The van der Waals surface area contributed by atoms with Crippen LogP contribution in [0.1, 0.15) is 264 Å². The van der Waals surface area contributed by atoms with Gasteiger partial charge in [-0.1, -0.05) is 217 Å². The molecule has 1 amide bonds. The number of rotatable bonds is 50. The fourth-order valence-electron chi connectivity index (χ4n) is 9.03. The van der Waals surface area contributed by atoms with E-state index in [-0.39, 0.29) is 18.5 Å². The summed E-state index contributed by atoms with van der Waals surface area (Å²) in [5.74, 6) is -0.208. The maximum absolute atomic E-state index is 13.0. The highest BCUT2D eigenvalue weighted by Crippen LogP contribution is 2.23. The first-order valence-electron chi connectivity index (χ1n) is 29.3. The standard InChI is InChI=1S/C59H109NO10/c1-3-5-7-9-11-13-26-31-35-39-43-47-55(64)68-48-44-40-36-32-28-25-23-21-19-17-15-16-18-20-22-24-27-30-34-38-42-46-54(63)60-51(50-69-59-58(67)57(66)56(65)53(49-61)70-59)52(62)45-41-37-33-29-14-12-10-8-6-4-2/h14,16,18,29,41,45,51-53,56-59,61-62,65-67H,3-13,15,17,19-28,30-40,42-44,46-50H2,1-2H3,(H,60,63)/b18-16-,29-14+,45-41+. The Morgan fingerprint density at radius 1 is 0.514 bits per heavy atom. The molecule has 1 rings (SSSR count). The zero-order valence-corrected chi connectivity index (χ0v) is 45.0. The summed E-state index contributed by atoms with van der Waals surface area (Å²) in [4.78, 5) is 25.0. The molecule has 1 fully saturated rings. The number of unbranched alkanes of at least 4 members (excludes halogenated alkanes) is 32. The van der Waals surface area contributed by atoms with Gasteiger partial charge >= 0.3 is 5.97 Å². The number of aliphatic hydroxyl groups excluding tert-OH is 5. The quantitative estimate of drug-likeness (QED) is 0.0195. The first kappa shape index (κ1) is 65.9. The van der Waals surface area contributed by atoms with Crippen molar-refractivity contribution in [2.45, 2.75) is 307 Å². The highest BCUT2D eigenvalue weighted by atomic mass is 16.7. The Morgan fingerprint density at radius 2 is 0.929 bits per heavy atom. The Balaban J connectivity index is 2.06. The van der Waals surface area contributed by atoms with Gasteiger partial charge in [-0.2, -0.15) is 0 Å². The number of hydrogen-bond donors (Lipinski definition) is 6. The second-order valence-corrected chi connectivity index (χ2v) is 20.3. The molecule has 0 saturated carbocycles. The van der Waals surface area contributed by atoms with Crippen molar-refractivity contribution in [2.24, 2.45) is 0 Å². The molecular formula is C59H109NO10. The molecule has 11 nitrogen and oxygen atoms in total. The van der Waals surface area contributed by atoms with Crippen LogP contribution in [0, 0.1) is 0 Å². The maximum atomic E-state index is 13.0. The van der Waals surface area contributed by atoms with Crippen LogP contribution >= 0.6 is 0 Å². The Hall–Kier alpha value is -2.12. The molecule has 0 aromatic heterocycles. The number of aliphatic hydroxyl groups is 5. The number of amides is 1. The SMILES string of the molecule is CCCCCC/C=C/CC/C=C/C(O)C(COC1OC(CO)C(O)C(O)C1O)NC(=O)CCCCCCCCC/C=C\CCCCCCCCCCCCOC(=O)CCCCCCCCCCCCC. The lowest BCUT2D eigenvalue weighted by atomic mass is 9.99. The van der Waals surface area contributed by atoms with Crippen molar-refractivity contribution in [3.8, 4) is 0 Å². The van der Waals surface area contributed by atoms with E-state index in [2.05, 4.69) is 43.5 Å². The molecule has 6 N–H and O–H groups in total. The van der Waals surface area contributed by atoms with Crippen molar-refractivity contribution in [1.82, 2.24) is 5.32 Å². The van der Waals surface area contributed by atoms with Crippen molar-refractivity contribution >= 4 is 11.9 Å². The molecule has 7 unspecified atom stereocenters. The van der Waals surface area contributed by atoms with Crippen molar-refractivity contribution in [2.75, 3.05) is 19.8 Å². The summed E-state index contributed by atoms with van der Waals surface area (Å²) in [6.45, 7) is 4.28. The summed E-state index contributed by atoms with van der Waals surface area (Å²) >= 11 is 0. The van der Waals surface area contributed by atoms with Crippen LogP contribution in [-0.4, -0.2) is 100 Å². The smallest absolute Gasteiger partial charge is 0.305 e. The van der Waals surface area contributed by atoms with E-state index in [0.717, 1.165) is 77.0 Å². The van der Waals surface area contributed by atoms with Gasteiger partial charge in [-0.05, 0) is 70.6 Å². The van der Waals surface area contributed by atoms with Crippen molar-refractivity contribution in [3.63, 3.8) is 0 Å². The Bertz CT molecular complexity index is 1260.